The van der Waals surface area contributed by atoms with Crippen molar-refractivity contribution in [3.05, 3.63) is 57.4 Å². The molecule has 1 aliphatic heterocycles. The van der Waals surface area contributed by atoms with Gasteiger partial charge in [0.2, 0.25) is 10.0 Å². The number of hydrogen-bond donors (Lipinski definition) is 1. The van der Waals surface area contributed by atoms with Crippen molar-refractivity contribution in [3.8, 4) is 0 Å². The Morgan fingerprint density at radius 3 is 2.43 bits per heavy atom. The third-order valence-electron chi connectivity index (χ3n) is 5.81. The van der Waals surface area contributed by atoms with Crippen LogP contribution in [0.3, 0.4) is 0 Å². The number of nitrogens with zero attached hydrogens (tertiary/aromatic N) is 2. The summed E-state index contributed by atoms with van der Waals surface area (Å²) in [5.41, 5.74) is 2.58. The quantitative estimate of drug-likeness (QED) is 0.753. The summed E-state index contributed by atoms with van der Waals surface area (Å²) in [6, 6.07) is 4.41. The summed E-state index contributed by atoms with van der Waals surface area (Å²) in [5.74, 6) is -2.81. The lowest BCUT2D eigenvalue weighted by molar-refractivity contribution is -0.142. The van der Waals surface area contributed by atoms with Crippen molar-refractivity contribution < 1.29 is 22.7 Å². The Kier molecular flexibility index (Phi) is 5.88. The molecule has 1 N–H and O–H groups in total. The number of anilines is 1. The molecular formula is C21H24ClFN2O4S. The molecule has 3 rings (SSSR count). The highest BCUT2D eigenvalue weighted by atomic mass is 35.5. The van der Waals surface area contributed by atoms with Crippen LogP contribution in [0.25, 0.3) is 0 Å². The van der Waals surface area contributed by atoms with Crippen LogP contribution in [0.5, 0.6) is 0 Å². The number of aryl methyl sites for hydroxylation is 2. The first kappa shape index (κ1) is 22.5. The second-order valence-corrected chi connectivity index (χ2v) is 10.0. The van der Waals surface area contributed by atoms with E-state index >= 15 is 0 Å². The highest BCUT2D eigenvalue weighted by molar-refractivity contribution is 7.89. The van der Waals surface area contributed by atoms with Gasteiger partial charge in [-0.05, 0) is 61.2 Å². The van der Waals surface area contributed by atoms with Gasteiger partial charge in [0, 0.05) is 18.0 Å². The molecule has 2 aromatic carbocycles. The average Bonchev–Trinajstić information content (AvgIpc) is 2.64. The van der Waals surface area contributed by atoms with Gasteiger partial charge in [0.05, 0.1) is 12.4 Å². The van der Waals surface area contributed by atoms with E-state index in [1.807, 2.05) is 0 Å². The standard InChI is InChI=1S/C21H24ClFN2O4S/c1-11-6-7-16(23)19(13(11)3)14(4)20(21(26)27)25-10-24(5)17-9-15(22)12(2)8-18(17)30(25,28)29/h6-9,14,20H,10H2,1-5H3,(H,26,27)/t14-,20+/m1/s1. The van der Waals surface area contributed by atoms with Crippen molar-refractivity contribution in [1.29, 1.82) is 0 Å². The van der Waals surface area contributed by atoms with Crippen LogP contribution in [0.2, 0.25) is 5.02 Å². The van der Waals surface area contributed by atoms with Gasteiger partial charge in [-0.3, -0.25) is 4.79 Å². The first-order chi connectivity index (χ1) is 13.9. The van der Waals surface area contributed by atoms with E-state index in [4.69, 9.17) is 11.6 Å². The first-order valence-electron chi connectivity index (χ1n) is 9.39. The summed E-state index contributed by atoms with van der Waals surface area (Å²) < 4.78 is 42.5. The lowest BCUT2D eigenvalue weighted by Gasteiger charge is -2.40. The number of fused-ring (bicyclic) bond motifs is 1. The van der Waals surface area contributed by atoms with Crippen LogP contribution in [-0.2, 0) is 14.8 Å². The van der Waals surface area contributed by atoms with Gasteiger partial charge in [0.25, 0.3) is 0 Å². The van der Waals surface area contributed by atoms with Crippen molar-refractivity contribution in [2.45, 2.75) is 44.6 Å². The van der Waals surface area contributed by atoms with E-state index in [9.17, 15) is 22.7 Å². The van der Waals surface area contributed by atoms with Crippen molar-refractivity contribution in [1.82, 2.24) is 4.31 Å². The number of benzene rings is 2. The smallest absolute Gasteiger partial charge is 0.322 e. The van der Waals surface area contributed by atoms with Crippen molar-refractivity contribution in [2.24, 2.45) is 0 Å². The molecule has 0 saturated heterocycles. The number of halogens is 2. The predicted octanol–water partition coefficient (Wildman–Crippen LogP) is 4.06. The highest BCUT2D eigenvalue weighted by Crippen LogP contribution is 2.40. The van der Waals surface area contributed by atoms with Crippen LogP contribution in [0.1, 0.15) is 35.1 Å². The summed E-state index contributed by atoms with van der Waals surface area (Å²) in [7, 11) is -2.50. The molecule has 162 valence electrons. The largest absolute Gasteiger partial charge is 0.480 e. The second kappa shape index (κ2) is 7.83. The van der Waals surface area contributed by atoms with E-state index in [0.717, 1.165) is 9.87 Å². The van der Waals surface area contributed by atoms with Gasteiger partial charge in [-0.1, -0.05) is 24.6 Å². The molecule has 1 heterocycles. The van der Waals surface area contributed by atoms with Crippen molar-refractivity contribution in [2.75, 3.05) is 18.6 Å². The van der Waals surface area contributed by atoms with Crippen LogP contribution in [-0.4, -0.2) is 43.6 Å². The summed E-state index contributed by atoms with van der Waals surface area (Å²) in [6.45, 7) is 6.54. The number of carbonyl (C=O) groups is 1. The number of rotatable bonds is 4. The highest BCUT2D eigenvalue weighted by Gasteiger charge is 2.45. The SMILES string of the molecule is Cc1cc2c(cc1Cl)N(C)CN([C@H](C(=O)O)[C@H](C)c1c(F)ccc(C)c1C)S2(=O)=O. The normalized spacial score (nSPS) is 18.0. The van der Waals surface area contributed by atoms with Crippen LogP contribution < -0.4 is 4.90 Å². The zero-order valence-corrected chi connectivity index (χ0v) is 19.0. The van der Waals surface area contributed by atoms with Crippen LogP contribution in [0, 0.1) is 26.6 Å². The van der Waals surface area contributed by atoms with Gasteiger partial charge < -0.3 is 10.0 Å². The number of hydrogen-bond acceptors (Lipinski definition) is 4. The molecule has 2 atom stereocenters. The molecule has 0 unspecified atom stereocenters. The zero-order valence-electron chi connectivity index (χ0n) is 17.4. The topological polar surface area (TPSA) is 77.9 Å². The minimum absolute atomic E-state index is 0.0157. The van der Waals surface area contributed by atoms with Crippen LogP contribution in [0.4, 0.5) is 10.1 Å². The number of sulfonamides is 1. The molecule has 0 spiro atoms. The maximum Gasteiger partial charge on any atom is 0.322 e. The minimum Gasteiger partial charge on any atom is -0.480 e. The van der Waals surface area contributed by atoms with E-state index in [0.29, 0.717) is 21.8 Å². The molecule has 30 heavy (non-hydrogen) atoms. The lowest BCUT2D eigenvalue weighted by atomic mass is 9.87. The molecule has 0 fully saturated rings. The third-order valence-corrected chi connectivity index (χ3v) is 8.06. The molecule has 6 nitrogen and oxygen atoms in total. The van der Waals surface area contributed by atoms with Gasteiger partial charge >= 0.3 is 5.97 Å². The van der Waals surface area contributed by atoms with E-state index in [1.165, 1.54) is 12.1 Å². The fourth-order valence-electron chi connectivity index (χ4n) is 3.98. The maximum absolute atomic E-state index is 14.7. The van der Waals surface area contributed by atoms with E-state index in [2.05, 4.69) is 0 Å². The Morgan fingerprint density at radius 1 is 1.20 bits per heavy atom. The monoisotopic (exact) mass is 454 g/mol. The molecule has 9 heteroatoms. The first-order valence-corrected chi connectivity index (χ1v) is 11.2. The predicted molar refractivity (Wildman–Crippen MR) is 114 cm³/mol. The molecular weight excluding hydrogens is 431 g/mol. The summed E-state index contributed by atoms with van der Waals surface area (Å²) in [6.07, 6.45) is 0. The maximum atomic E-state index is 14.7. The Bertz CT molecular complexity index is 1140. The molecule has 0 radical (unpaired) electrons. The summed E-state index contributed by atoms with van der Waals surface area (Å²) >= 11 is 6.16. The van der Waals surface area contributed by atoms with E-state index < -0.39 is 33.8 Å². The number of carboxylic acids is 1. The van der Waals surface area contributed by atoms with Gasteiger partial charge in [-0.25, -0.2) is 12.8 Å². The third kappa shape index (κ3) is 3.57. The van der Waals surface area contributed by atoms with Gasteiger partial charge in [0.15, 0.2) is 0 Å². The van der Waals surface area contributed by atoms with Gasteiger partial charge in [0.1, 0.15) is 16.8 Å². The number of carboxylic acid groups (broad SMARTS) is 1. The molecule has 0 bridgehead atoms. The molecule has 0 aromatic heterocycles. The zero-order chi connectivity index (χ0) is 22.5. The van der Waals surface area contributed by atoms with Gasteiger partial charge in [-0.2, -0.15) is 4.31 Å². The Labute approximate surface area is 180 Å². The summed E-state index contributed by atoms with van der Waals surface area (Å²) in [4.78, 5) is 13.9. The molecule has 2 aromatic rings. The van der Waals surface area contributed by atoms with Crippen molar-refractivity contribution >= 4 is 33.3 Å². The molecule has 0 amide bonds. The minimum atomic E-state index is -4.16. The Morgan fingerprint density at radius 2 is 1.83 bits per heavy atom. The number of aliphatic carboxylic acids is 1. The second-order valence-electron chi connectivity index (χ2n) is 7.78. The average molecular weight is 455 g/mol. The van der Waals surface area contributed by atoms with Gasteiger partial charge in [-0.15, -0.1) is 0 Å². The van der Waals surface area contributed by atoms with E-state index in [1.54, 1.807) is 51.8 Å². The molecule has 0 saturated carbocycles. The Balaban J connectivity index is 2.17. The summed E-state index contributed by atoms with van der Waals surface area (Å²) in [5, 5.41) is 10.4. The van der Waals surface area contributed by atoms with E-state index in [-0.39, 0.29) is 17.1 Å². The van der Waals surface area contributed by atoms with Crippen LogP contribution >= 0.6 is 11.6 Å². The fourth-order valence-corrected chi connectivity index (χ4v) is 6.09. The van der Waals surface area contributed by atoms with Crippen LogP contribution in [0.15, 0.2) is 29.2 Å². The Hall–Kier alpha value is -2.16. The fraction of sp³-hybridized carbons (Fsp3) is 0.381. The molecule has 1 aliphatic rings. The van der Waals surface area contributed by atoms with Crippen molar-refractivity contribution in [3.63, 3.8) is 0 Å². The molecule has 0 aliphatic carbocycles. The lowest BCUT2D eigenvalue weighted by Crippen LogP contribution is -2.54.